The van der Waals surface area contributed by atoms with E-state index in [2.05, 4.69) is 4.74 Å². The summed E-state index contributed by atoms with van der Waals surface area (Å²) in [5.41, 5.74) is 5.34. The van der Waals surface area contributed by atoms with Crippen molar-refractivity contribution in [1.29, 1.82) is 0 Å². The number of rotatable bonds is 5. The SMILES string of the molecule is CCCOC(=O)C(=O)C(N)CC. The monoisotopic (exact) mass is 173 g/mol. The molecule has 0 saturated carbocycles. The maximum Gasteiger partial charge on any atom is 0.376 e. The van der Waals surface area contributed by atoms with Gasteiger partial charge in [0.15, 0.2) is 0 Å². The Bertz CT molecular complexity index is 168. The topological polar surface area (TPSA) is 69.4 Å². The second-order valence-electron chi connectivity index (χ2n) is 2.51. The van der Waals surface area contributed by atoms with Gasteiger partial charge in [-0.1, -0.05) is 13.8 Å². The number of hydrogen-bond donors (Lipinski definition) is 1. The molecule has 0 spiro atoms. The lowest BCUT2D eigenvalue weighted by Crippen LogP contribution is -2.36. The van der Waals surface area contributed by atoms with Gasteiger partial charge in [0.1, 0.15) is 0 Å². The number of carbonyl (C=O) groups excluding carboxylic acids is 2. The smallest absolute Gasteiger partial charge is 0.376 e. The van der Waals surface area contributed by atoms with Gasteiger partial charge in [0.2, 0.25) is 0 Å². The minimum absolute atomic E-state index is 0.279. The van der Waals surface area contributed by atoms with Crippen LogP contribution in [0.3, 0.4) is 0 Å². The van der Waals surface area contributed by atoms with Crippen LogP contribution >= 0.6 is 0 Å². The van der Waals surface area contributed by atoms with E-state index in [0.29, 0.717) is 12.8 Å². The highest BCUT2D eigenvalue weighted by Gasteiger charge is 2.21. The summed E-state index contributed by atoms with van der Waals surface area (Å²) < 4.78 is 4.61. The number of ketones is 1. The standard InChI is InChI=1S/C8H15NO3/c1-3-5-12-8(11)7(10)6(9)4-2/h6H,3-5,9H2,1-2H3. The molecule has 0 aliphatic carbocycles. The molecule has 0 aliphatic heterocycles. The summed E-state index contributed by atoms with van der Waals surface area (Å²) in [5.74, 6) is -1.45. The van der Waals surface area contributed by atoms with Gasteiger partial charge in [0.25, 0.3) is 5.78 Å². The molecule has 70 valence electrons. The summed E-state index contributed by atoms with van der Waals surface area (Å²) >= 11 is 0. The van der Waals surface area contributed by atoms with Gasteiger partial charge < -0.3 is 10.5 Å². The molecule has 0 rings (SSSR count). The number of nitrogens with two attached hydrogens (primary N) is 1. The average molecular weight is 173 g/mol. The quantitative estimate of drug-likeness (QED) is 0.478. The van der Waals surface area contributed by atoms with Crippen LogP contribution in [0.15, 0.2) is 0 Å². The molecular weight excluding hydrogens is 158 g/mol. The normalized spacial score (nSPS) is 12.2. The highest BCUT2D eigenvalue weighted by Crippen LogP contribution is 1.92. The van der Waals surface area contributed by atoms with Crippen molar-refractivity contribution in [2.75, 3.05) is 6.61 Å². The van der Waals surface area contributed by atoms with Crippen LogP contribution in [0.4, 0.5) is 0 Å². The zero-order chi connectivity index (χ0) is 9.56. The molecule has 2 N–H and O–H groups in total. The lowest BCUT2D eigenvalue weighted by atomic mass is 10.1. The van der Waals surface area contributed by atoms with Crippen LogP contribution in [-0.4, -0.2) is 24.4 Å². The van der Waals surface area contributed by atoms with Crippen LogP contribution in [0.2, 0.25) is 0 Å². The summed E-state index contributed by atoms with van der Waals surface area (Å²) in [4.78, 5) is 21.8. The Morgan fingerprint density at radius 3 is 2.42 bits per heavy atom. The Hall–Kier alpha value is -0.900. The minimum Gasteiger partial charge on any atom is -0.460 e. The third-order valence-corrected chi connectivity index (χ3v) is 1.42. The first-order chi connectivity index (χ1) is 5.63. The van der Waals surface area contributed by atoms with E-state index >= 15 is 0 Å². The van der Waals surface area contributed by atoms with Crippen LogP contribution in [0.1, 0.15) is 26.7 Å². The van der Waals surface area contributed by atoms with E-state index in [1.54, 1.807) is 6.92 Å². The minimum atomic E-state index is -0.814. The lowest BCUT2D eigenvalue weighted by Gasteiger charge is -2.06. The fourth-order valence-corrected chi connectivity index (χ4v) is 0.603. The van der Waals surface area contributed by atoms with E-state index < -0.39 is 17.8 Å². The molecule has 0 aromatic heterocycles. The zero-order valence-electron chi connectivity index (χ0n) is 7.50. The van der Waals surface area contributed by atoms with Crippen molar-refractivity contribution in [3.05, 3.63) is 0 Å². The van der Waals surface area contributed by atoms with Gasteiger partial charge in [-0.05, 0) is 12.8 Å². The highest BCUT2D eigenvalue weighted by molar-refractivity contribution is 6.35. The zero-order valence-corrected chi connectivity index (χ0v) is 7.50. The summed E-state index contributed by atoms with van der Waals surface area (Å²) in [5, 5.41) is 0. The summed E-state index contributed by atoms with van der Waals surface area (Å²) in [6.45, 7) is 3.88. The van der Waals surface area contributed by atoms with Gasteiger partial charge in [-0.3, -0.25) is 4.79 Å². The van der Waals surface area contributed by atoms with Crippen molar-refractivity contribution in [2.45, 2.75) is 32.7 Å². The molecule has 0 amide bonds. The first kappa shape index (κ1) is 11.1. The van der Waals surface area contributed by atoms with E-state index in [1.165, 1.54) is 0 Å². The van der Waals surface area contributed by atoms with Crippen molar-refractivity contribution >= 4 is 11.8 Å². The summed E-state index contributed by atoms with van der Waals surface area (Å²) in [7, 11) is 0. The first-order valence-electron chi connectivity index (χ1n) is 4.10. The average Bonchev–Trinajstić information content (AvgIpc) is 2.11. The van der Waals surface area contributed by atoms with Crippen LogP contribution in [0.25, 0.3) is 0 Å². The summed E-state index contributed by atoms with van der Waals surface area (Å²) in [6.07, 6.45) is 1.17. The number of ether oxygens (including phenoxy) is 1. The van der Waals surface area contributed by atoms with Crippen LogP contribution in [0.5, 0.6) is 0 Å². The molecule has 0 aromatic rings. The van der Waals surface area contributed by atoms with Crippen LogP contribution in [0, 0.1) is 0 Å². The Kier molecular flexibility index (Phi) is 5.28. The van der Waals surface area contributed by atoms with E-state index in [0.717, 1.165) is 0 Å². The predicted octanol–water partition coefficient (Wildman–Crippen LogP) is 0.246. The molecule has 12 heavy (non-hydrogen) atoms. The molecule has 0 bridgehead atoms. The van der Waals surface area contributed by atoms with E-state index in [1.807, 2.05) is 6.92 Å². The molecular formula is C8H15NO3. The maximum absolute atomic E-state index is 11.0. The molecule has 0 aromatic carbocycles. The fraction of sp³-hybridized carbons (Fsp3) is 0.750. The van der Waals surface area contributed by atoms with E-state index in [9.17, 15) is 9.59 Å². The molecule has 4 nitrogen and oxygen atoms in total. The van der Waals surface area contributed by atoms with Gasteiger partial charge in [-0.25, -0.2) is 4.79 Å². The fourth-order valence-electron chi connectivity index (χ4n) is 0.603. The second-order valence-corrected chi connectivity index (χ2v) is 2.51. The van der Waals surface area contributed by atoms with Gasteiger partial charge in [0.05, 0.1) is 12.6 Å². The van der Waals surface area contributed by atoms with Crippen molar-refractivity contribution in [2.24, 2.45) is 5.73 Å². The first-order valence-corrected chi connectivity index (χ1v) is 4.10. The number of carbonyl (C=O) groups is 2. The Balaban J connectivity index is 3.85. The molecule has 1 atom stereocenters. The predicted molar refractivity (Wildman–Crippen MR) is 44.5 cm³/mol. The summed E-state index contributed by atoms with van der Waals surface area (Å²) in [6, 6.07) is -0.714. The van der Waals surface area contributed by atoms with Crippen LogP contribution < -0.4 is 5.73 Å². The second kappa shape index (κ2) is 5.71. The molecule has 0 aliphatic rings. The Labute approximate surface area is 72.1 Å². The molecule has 1 unspecified atom stereocenters. The van der Waals surface area contributed by atoms with Crippen LogP contribution in [-0.2, 0) is 14.3 Å². The maximum atomic E-state index is 11.0. The van der Waals surface area contributed by atoms with Gasteiger partial charge in [-0.15, -0.1) is 0 Å². The largest absolute Gasteiger partial charge is 0.460 e. The molecule has 0 fully saturated rings. The van der Waals surface area contributed by atoms with Crippen molar-refractivity contribution in [3.63, 3.8) is 0 Å². The number of Topliss-reactive ketones (excluding diaryl/α,β-unsaturated/α-hetero) is 1. The number of esters is 1. The molecule has 0 heterocycles. The van der Waals surface area contributed by atoms with E-state index in [4.69, 9.17) is 5.73 Å². The molecule has 0 saturated heterocycles. The third-order valence-electron chi connectivity index (χ3n) is 1.42. The lowest BCUT2D eigenvalue weighted by molar-refractivity contribution is -0.154. The van der Waals surface area contributed by atoms with Crippen molar-refractivity contribution in [3.8, 4) is 0 Å². The highest BCUT2D eigenvalue weighted by atomic mass is 16.5. The number of hydrogen-bond acceptors (Lipinski definition) is 4. The Morgan fingerprint density at radius 1 is 1.42 bits per heavy atom. The molecule has 4 heteroatoms. The van der Waals surface area contributed by atoms with Gasteiger partial charge in [0, 0.05) is 0 Å². The molecule has 0 radical (unpaired) electrons. The van der Waals surface area contributed by atoms with Gasteiger partial charge >= 0.3 is 5.97 Å². The van der Waals surface area contributed by atoms with Gasteiger partial charge in [-0.2, -0.15) is 0 Å². The van der Waals surface area contributed by atoms with Crippen molar-refractivity contribution in [1.82, 2.24) is 0 Å². The van der Waals surface area contributed by atoms with E-state index in [-0.39, 0.29) is 6.61 Å². The Morgan fingerprint density at radius 2 is 2.00 bits per heavy atom. The third kappa shape index (κ3) is 3.48. The van der Waals surface area contributed by atoms with Crippen molar-refractivity contribution < 1.29 is 14.3 Å².